The molecule has 1 fully saturated rings. The lowest BCUT2D eigenvalue weighted by Crippen LogP contribution is -2.50. The predicted molar refractivity (Wildman–Crippen MR) is 75.9 cm³/mol. The van der Waals surface area contributed by atoms with Crippen LogP contribution < -0.4 is 0 Å². The van der Waals surface area contributed by atoms with E-state index in [1.54, 1.807) is 0 Å². The molecule has 0 bridgehead atoms. The Bertz CT molecular complexity index is 408. The summed E-state index contributed by atoms with van der Waals surface area (Å²) in [5.41, 5.74) is 1.22. The van der Waals surface area contributed by atoms with Crippen molar-refractivity contribution >= 4 is 5.91 Å². The summed E-state index contributed by atoms with van der Waals surface area (Å²) < 4.78 is 5.67. The average Bonchev–Trinajstić information content (AvgIpc) is 2.37. The van der Waals surface area contributed by atoms with Crippen molar-refractivity contribution in [2.75, 3.05) is 13.1 Å². The van der Waals surface area contributed by atoms with Crippen molar-refractivity contribution in [1.82, 2.24) is 4.90 Å². The van der Waals surface area contributed by atoms with Crippen LogP contribution in [0.5, 0.6) is 0 Å². The van der Waals surface area contributed by atoms with Crippen LogP contribution in [0.1, 0.15) is 26.3 Å². The van der Waals surface area contributed by atoms with E-state index >= 15 is 0 Å². The van der Waals surface area contributed by atoms with E-state index in [-0.39, 0.29) is 24.0 Å². The van der Waals surface area contributed by atoms with Crippen LogP contribution in [0.25, 0.3) is 0 Å². The van der Waals surface area contributed by atoms with Crippen molar-refractivity contribution in [2.24, 2.45) is 5.92 Å². The second-order valence-corrected chi connectivity index (χ2v) is 5.59. The van der Waals surface area contributed by atoms with Gasteiger partial charge in [-0.25, -0.2) is 0 Å². The zero-order valence-electron chi connectivity index (χ0n) is 12.0. The number of carbonyl (C=O) groups is 1. The van der Waals surface area contributed by atoms with Gasteiger partial charge >= 0.3 is 0 Å². The van der Waals surface area contributed by atoms with Crippen molar-refractivity contribution in [3.63, 3.8) is 0 Å². The highest BCUT2D eigenvalue weighted by Gasteiger charge is 2.28. The Labute approximate surface area is 115 Å². The number of amides is 1. The SMILES string of the molecule is CC(Cc1ccccc1)C(=O)N1C[C@@H](C)O[C@@H](C)C1. The van der Waals surface area contributed by atoms with E-state index in [0.717, 1.165) is 6.42 Å². The minimum atomic E-state index is 0.0277. The maximum absolute atomic E-state index is 12.5. The minimum Gasteiger partial charge on any atom is -0.372 e. The largest absolute Gasteiger partial charge is 0.372 e. The summed E-state index contributed by atoms with van der Waals surface area (Å²) in [6.07, 6.45) is 1.08. The lowest BCUT2D eigenvalue weighted by atomic mass is 9.99. The van der Waals surface area contributed by atoms with Gasteiger partial charge in [0.25, 0.3) is 0 Å². The van der Waals surface area contributed by atoms with Gasteiger partial charge in [0.15, 0.2) is 0 Å². The van der Waals surface area contributed by atoms with Crippen LogP contribution in [0, 0.1) is 5.92 Å². The van der Waals surface area contributed by atoms with E-state index in [9.17, 15) is 4.79 Å². The first-order valence-corrected chi connectivity index (χ1v) is 7.04. The summed E-state index contributed by atoms with van der Waals surface area (Å²) in [7, 11) is 0. The molecular weight excluding hydrogens is 238 g/mol. The van der Waals surface area contributed by atoms with E-state index in [2.05, 4.69) is 12.1 Å². The molecule has 19 heavy (non-hydrogen) atoms. The molecule has 0 N–H and O–H groups in total. The quantitative estimate of drug-likeness (QED) is 0.836. The molecule has 1 heterocycles. The van der Waals surface area contributed by atoms with Gasteiger partial charge in [-0.1, -0.05) is 37.3 Å². The summed E-state index contributed by atoms with van der Waals surface area (Å²) in [5, 5.41) is 0. The Morgan fingerprint density at radius 2 is 1.84 bits per heavy atom. The second kappa shape index (κ2) is 6.20. The van der Waals surface area contributed by atoms with Gasteiger partial charge < -0.3 is 9.64 Å². The van der Waals surface area contributed by atoms with Gasteiger partial charge in [-0.3, -0.25) is 4.79 Å². The van der Waals surface area contributed by atoms with Gasteiger partial charge in [0, 0.05) is 19.0 Å². The van der Waals surface area contributed by atoms with Crippen LogP contribution in [0.4, 0.5) is 0 Å². The zero-order chi connectivity index (χ0) is 13.8. The monoisotopic (exact) mass is 261 g/mol. The number of nitrogens with zero attached hydrogens (tertiary/aromatic N) is 1. The van der Waals surface area contributed by atoms with Crippen LogP contribution >= 0.6 is 0 Å². The Morgan fingerprint density at radius 1 is 1.26 bits per heavy atom. The molecule has 1 aromatic rings. The Morgan fingerprint density at radius 3 is 2.42 bits per heavy atom. The number of hydrogen-bond donors (Lipinski definition) is 0. The van der Waals surface area contributed by atoms with Crippen LogP contribution in [0.3, 0.4) is 0 Å². The number of hydrogen-bond acceptors (Lipinski definition) is 2. The molecule has 2 rings (SSSR count). The first-order valence-electron chi connectivity index (χ1n) is 7.04. The highest BCUT2D eigenvalue weighted by atomic mass is 16.5. The fourth-order valence-electron chi connectivity index (χ4n) is 2.72. The molecule has 0 radical (unpaired) electrons. The van der Waals surface area contributed by atoms with Gasteiger partial charge in [-0.15, -0.1) is 0 Å². The van der Waals surface area contributed by atoms with E-state index in [1.807, 2.05) is 43.9 Å². The molecule has 1 aliphatic heterocycles. The lowest BCUT2D eigenvalue weighted by molar-refractivity contribution is -0.146. The fourth-order valence-corrected chi connectivity index (χ4v) is 2.72. The van der Waals surface area contributed by atoms with Crippen molar-refractivity contribution in [1.29, 1.82) is 0 Å². The van der Waals surface area contributed by atoms with Gasteiger partial charge in [-0.05, 0) is 25.8 Å². The molecule has 1 amide bonds. The third kappa shape index (κ3) is 3.80. The van der Waals surface area contributed by atoms with E-state index < -0.39 is 0 Å². The molecule has 3 heteroatoms. The maximum Gasteiger partial charge on any atom is 0.225 e. The lowest BCUT2D eigenvalue weighted by Gasteiger charge is -2.36. The summed E-state index contributed by atoms with van der Waals surface area (Å²) in [5.74, 6) is 0.269. The van der Waals surface area contributed by atoms with Crippen LogP contribution in [0.15, 0.2) is 30.3 Å². The van der Waals surface area contributed by atoms with E-state index in [1.165, 1.54) is 5.56 Å². The highest BCUT2D eigenvalue weighted by Crippen LogP contribution is 2.16. The predicted octanol–water partition coefficient (Wildman–Crippen LogP) is 2.50. The topological polar surface area (TPSA) is 29.5 Å². The van der Waals surface area contributed by atoms with E-state index in [0.29, 0.717) is 13.1 Å². The van der Waals surface area contributed by atoms with Crippen molar-refractivity contribution < 1.29 is 9.53 Å². The van der Waals surface area contributed by atoms with Gasteiger partial charge in [-0.2, -0.15) is 0 Å². The molecule has 1 aliphatic rings. The summed E-state index contributed by atoms with van der Waals surface area (Å²) in [6, 6.07) is 10.2. The number of rotatable bonds is 3. The molecule has 1 aromatic carbocycles. The standard InChI is InChI=1S/C16H23NO2/c1-12(9-15-7-5-4-6-8-15)16(18)17-10-13(2)19-14(3)11-17/h4-8,12-14H,9-11H2,1-3H3/t12?,13-,14+. The summed E-state index contributed by atoms with van der Waals surface area (Å²) in [6.45, 7) is 7.49. The molecule has 0 saturated carbocycles. The number of benzene rings is 1. The second-order valence-electron chi connectivity index (χ2n) is 5.59. The van der Waals surface area contributed by atoms with Gasteiger partial charge in [0.05, 0.1) is 12.2 Å². The summed E-state index contributed by atoms with van der Waals surface area (Å²) in [4.78, 5) is 14.4. The molecule has 0 spiro atoms. The van der Waals surface area contributed by atoms with Crippen LogP contribution in [-0.4, -0.2) is 36.1 Å². The molecular formula is C16H23NO2. The summed E-state index contributed by atoms with van der Waals surface area (Å²) >= 11 is 0. The smallest absolute Gasteiger partial charge is 0.225 e. The molecule has 1 saturated heterocycles. The van der Waals surface area contributed by atoms with E-state index in [4.69, 9.17) is 4.74 Å². The molecule has 0 aromatic heterocycles. The first-order chi connectivity index (χ1) is 9.06. The molecule has 0 aliphatic carbocycles. The number of ether oxygens (including phenoxy) is 1. The number of carbonyl (C=O) groups excluding carboxylic acids is 1. The van der Waals surface area contributed by atoms with Crippen molar-refractivity contribution in [3.8, 4) is 0 Å². The molecule has 104 valence electrons. The van der Waals surface area contributed by atoms with Crippen LogP contribution in [0.2, 0.25) is 0 Å². The minimum absolute atomic E-state index is 0.0277. The Kier molecular flexibility index (Phi) is 4.59. The third-order valence-electron chi connectivity index (χ3n) is 3.54. The Balaban J connectivity index is 1.95. The van der Waals surface area contributed by atoms with Gasteiger partial charge in [0.2, 0.25) is 5.91 Å². The van der Waals surface area contributed by atoms with Crippen LogP contribution in [-0.2, 0) is 16.0 Å². The maximum atomic E-state index is 12.5. The third-order valence-corrected chi connectivity index (χ3v) is 3.54. The molecule has 1 unspecified atom stereocenters. The average molecular weight is 261 g/mol. The van der Waals surface area contributed by atoms with Gasteiger partial charge in [0.1, 0.15) is 0 Å². The fraction of sp³-hybridized carbons (Fsp3) is 0.562. The van der Waals surface area contributed by atoms with Crippen molar-refractivity contribution in [2.45, 2.75) is 39.4 Å². The van der Waals surface area contributed by atoms with Crippen molar-refractivity contribution in [3.05, 3.63) is 35.9 Å². The highest BCUT2D eigenvalue weighted by molar-refractivity contribution is 5.79. The molecule has 3 nitrogen and oxygen atoms in total. The normalized spacial score (nSPS) is 25.1. The number of morpholine rings is 1. The first kappa shape index (κ1) is 14.1. The zero-order valence-corrected chi connectivity index (χ0v) is 12.0. The Hall–Kier alpha value is -1.35. The molecule has 3 atom stereocenters.